The van der Waals surface area contributed by atoms with Gasteiger partial charge in [0.25, 0.3) is 0 Å². The average Bonchev–Trinajstić information content (AvgIpc) is 2.71. The molecule has 0 saturated carbocycles. The molecule has 0 aliphatic carbocycles. The summed E-state index contributed by atoms with van der Waals surface area (Å²) < 4.78 is 38.2. The van der Waals surface area contributed by atoms with E-state index in [1.165, 1.54) is 12.1 Å². The van der Waals surface area contributed by atoms with E-state index in [1.807, 2.05) is 6.07 Å². The van der Waals surface area contributed by atoms with Crippen molar-refractivity contribution in [3.05, 3.63) is 66.1 Å². The summed E-state index contributed by atoms with van der Waals surface area (Å²) in [5, 5.41) is 11.1. The van der Waals surface area contributed by atoms with Crippen molar-refractivity contribution in [2.75, 3.05) is 29.0 Å². The number of amides is 2. The van der Waals surface area contributed by atoms with E-state index >= 15 is 0 Å². The summed E-state index contributed by atoms with van der Waals surface area (Å²) in [6, 6.07) is 11.0. The zero-order chi connectivity index (χ0) is 22.3. The zero-order valence-electron chi connectivity index (χ0n) is 16.5. The van der Waals surface area contributed by atoms with Gasteiger partial charge in [-0.3, -0.25) is 0 Å². The predicted octanol–water partition coefficient (Wildman–Crippen LogP) is 4.18. The van der Waals surface area contributed by atoms with Crippen molar-refractivity contribution in [1.82, 2.24) is 20.3 Å². The number of alkyl halides is 3. The third-order valence-corrected chi connectivity index (χ3v) is 3.92. The molecule has 11 heteroatoms. The highest BCUT2D eigenvalue weighted by Crippen LogP contribution is 2.30. The fourth-order valence-electron chi connectivity index (χ4n) is 2.61. The van der Waals surface area contributed by atoms with Gasteiger partial charge in [-0.25, -0.2) is 19.7 Å². The number of benzene rings is 1. The van der Waals surface area contributed by atoms with Crippen LogP contribution in [0.1, 0.15) is 11.4 Å². The van der Waals surface area contributed by atoms with Gasteiger partial charge in [0.15, 0.2) is 0 Å². The molecule has 8 nitrogen and oxygen atoms in total. The maximum Gasteiger partial charge on any atom is 0.416 e. The molecule has 0 atom stereocenters. The second kappa shape index (κ2) is 9.74. The lowest BCUT2D eigenvalue weighted by Crippen LogP contribution is -2.32. The van der Waals surface area contributed by atoms with Crippen molar-refractivity contribution in [2.24, 2.45) is 0 Å². The van der Waals surface area contributed by atoms with Gasteiger partial charge in [-0.05, 0) is 37.3 Å². The molecule has 1 aromatic carbocycles. The van der Waals surface area contributed by atoms with Gasteiger partial charge in [0.1, 0.15) is 23.3 Å². The SMILES string of the molecule is Cc1nc(NCCNC(=O)Nc2cccc(C(F)(F)F)c2)cc(Nc2ccccn2)n1. The number of nitrogens with one attached hydrogen (secondary N) is 4. The summed E-state index contributed by atoms with van der Waals surface area (Å²) >= 11 is 0. The van der Waals surface area contributed by atoms with Gasteiger partial charge in [0, 0.05) is 31.0 Å². The molecule has 0 aliphatic heterocycles. The van der Waals surface area contributed by atoms with Gasteiger partial charge in [-0.2, -0.15) is 13.2 Å². The van der Waals surface area contributed by atoms with E-state index in [-0.39, 0.29) is 12.2 Å². The van der Waals surface area contributed by atoms with Crippen LogP contribution in [-0.2, 0) is 6.18 Å². The molecule has 0 fully saturated rings. The third kappa shape index (κ3) is 6.84. The van der Waals surface area contributed by atoms with Crippen LogP contribution in [-0.4, -0.2) is 34.1 Å². The Kier molecular flexibility index (Phi) is 6.85. The van der Waals surface area contributed by atoms with Crippen LogP contribution in [0.15, 0.2) is 54.7 Å². The molecule has 0 bridgehead atoms. The molecule has 0 unspecified atom stereocenters. The summed E-state index contributed by atoms with van der Waals surface area (Å²) in [4.78, 5) is 24.7. The van der Waals surface area contributed by atoms with Crippen LogP contribution >= 0.6 is 0 Å². The molecule has 2 aromatic heterocycles. The molecule has 3 aromatic rings. The Bertz CT molecular complexity index is 1030. The highest BCUT2D eigenvalue weighted by Gasteiger charge is 2.30. The molecular weight excluding hydrogens is 411 g/mol. The molecule has 4 N–H and O–H groups in total. The topological polar surface area (TPSA) is 104 Å². The number of carbonyl (C=O) groups is 1. The fraction of sp³-hybridized carbons (Fsp3) is 0.200. The number of rotatable bonds is 7. The van der Waals surface area contributed by atoms with E-state index in [4.69, 9.17) is 0 Å². The Morgan fingerprint density at radius 3 is 2.52 bits per heavy atom. The predicted molar refractivity (Wildman–Crippen MR) is 111 cm³/mol. The van der Waals surface area contributed by atoms with Gasteiger partial charge in [0.2, 0.25) is 0 Å². The van der Waals surface area contributed by atoms with Crippen molar-refractivity contribution >= 4 is 29.2 Å². The molecule has 31 heavy (non-hydrogen) atoms. The summed E-state index contributed by atoms with van der Waals surface area (Å²) in [5.41, 5.74) is -0.779. The average molecular weight is 431 g/mol. The van der Waals surface area contributed by atoms with Gasteiger partial charge >= 0.3 is 12.2 Å². The van der Waals surface area contributed by atoms with Crippen LogP contribution < -0.4 is 21.3 Å². The molecule has 162 valence electrons. The Hall–Kier alpha value is -3.89. The van der Waals surface area contributed by atoms with Crippen LogP contribution in [0, 0.1) is 6.92 Å². The van der Waals surface area contributed by atoms with Crippen LogP contribution in [0.3, 0.4) is 0 Å². The Morgan fingerprint density at radius 1 is 0.968 bits per heavy atom. The van der Waals surface area contributed by atoms with Crippen molar-refractivity contribution < 1.29 is 18.0 Å². The minimum absolute atomic E-state index is 0.0527. The summed E-state index contributed by atoms with van der Waals surface area (Å²) in [5.74, 6) is 2.29. The summed E-state index contributed by atoms with van der Waals surface area (Å²) in [6.07, 6.45) is -2.82. The van der Waals surface area contributed by atoms with Crippen LogP contribution in [0.25, 0.3) is 0 Å². The molecule has 2 amide bonds. The standard InChI is InChI=1S/C20H20F3N7O/c1-13-27-17(12-18(28-13)30-16-7-2-3-8-24-16)25-9-10-26-19(31)29-15-6-4-5-14(11-15)20(21,22)23/h2-8,11-12H,9-10H2,1H3,(H2,26,29,31)(H2,24,25,27,28,30). The Balaban J connectivity index is 1.48. The molecular formula is C20H20F3N7O. The Morgan fingerprint density at radius 2 is 1.77 bits per heavy atom. The lowest BCUT2D eigenvalue weighted by molar-refractivity contribution is -0.137. The molecule has 0 aliphatic rings. The highest BCUT2D eigenvalue weighted by molar-refractivity contribution is 5.89. The Labute approximate surface area is 176 Å². The highest BCUT2D eigenvalue weighted by atomic mass is 19.4. The minimum Gasteiger partial charge on any atom is -0.368 e. The van der Waals surface area contributed by atoms with E-state index in [9.17, 15) is 18.0 Å². The van der Waals surface area contributed by atoms with Crippen LogP contribution in [0.2, 0.25) is 0 Å². The monoisotopic (exact) mass is 431 g/mol. The molecule has 2 heterocycles. The zero-order valence-corrected chi connectivity index (χ0v) is 16.5. The normalized spacial score (nSPS) is 11.0. The number of carbonyl (C=O) groups excluding carboxylic acids is 1. The maximum atomic E-state index is 12.7. The third-order valence-electron chi connectivity index (χ3n) is 3.92. The summed E-state index contributed by atoms with van der Waals surface area (Å²) in [6.45, 7) is 2.31. The van der Waals surface area contributed by atoms with Crippen molar-refractivity contribution in [3.8, 4) is 0 Å². The largest absolute Gasteiger partial charge is 0.416 e. The second-order valence-electron chi connectivity index (χ2n) is 6.41. The second-order valence-corrected chi connectivity index (χ2v) is 6.41. The molecule has 0 saturated heterocycles. The smallest absolute Gasteiger partial charge is 0.368 e. The first-order valence-corrected chi connectivity index (χ1v) is 9.29. The first-order valence-electron chi connectivity index (χ1n) is 9.29. The number of hydrogen-bond donors (Lipinski definition) is 4. The van der Waals surface area contributed by atoms with Gasteiger partial charge in [0.05, 0.1) is 5.56 Å². The number of halogens is 3. The van der Waals surface area contributed by atoms with Crippen molar-refractivity contribution in [3.63, 3.8) is 0 Å². The number of pyridine rings is 1. The van der Waals surface area contributed by atoms with Crippen LogP contribution in [0.4, 0.5) is 41.1 Å². The maximum absolute atomic E-state index is 12.7. The van der Waals surface area contributed by atoms with Gasteiger partial charge in [-0.15, -0.1) is 0 Å². The van der Waals surface area contributed by atoms with E-state index in [0.717, 1.165) is 12.1 Å². The number of hydrogen-bond acceptors (Lipinski definition) is 6. The van der Waals surface area contributed by atoms with E-state index in [1.54, 1.807) is 31.3 Å². The molecule has 3 rings (SSSR count). The number of anilines is 4. The van der Waals surface area contributed by atoms with E-state index < -0.39 is 17.8 Å². The first kappa shape index (κ1) is 21.8. The fourth-order valence-corrected chi connectivity index (χ4v) is 2.61. The first-order chi connectivity index (χ1) is 14.8. The van der Waals surface area contributed by atoms with E-state index in [2.05, 4.69) is 36.2 Å². The van der Waals surface area contributed by atoms with Crippen LogP contribution in [0.5, 0.6) is 0 Å². The number of aromatic nitrogens is 3. The van der Waals surface area contributed by atoms with Crippen molar-refractivity contribution in [2.45, 2.75) is 13.1 Å². The van der Waals surface area contributed by atoms with E-state index in [0.29, 0.717) is 29.8 Å². The lowest BCUT2D eigenvalue weighted by atomic mass is 10.2. The lowest BCUT2D eigenvalue weighted by Gasteiger charge is -2.12. The number of nitrogens with zero attached hydrogens (tertiary/aromatic N) is 3. The quantitative estimate of drug-likeness (QED) is 0.419. The number of urea groups is 1. The van der Waals surface area contributed by atoms with Gasteiger partial charge < -0.3 is 21.3 Å². The van der Waals surface area contributed by atoms with Gasteiger partial charge in [-0.1, -0.05) is 12.1 Å². The molecule has 0 radical (unpaired) electrons. The summed E-state index contributed by atoms with van der Waals surface area (Å²) in [7, 11) is 0. The van der Waals surface area contributed by atoms with Crippen molar-refractivity contribution in [1.29, 1.82) is 0 Å². The molecule has 0 spiro atoms. The minimum atomic E-state index is -4.47. The number of aryl methyl sites for hydroxylation is 1.